The zero-order valence-electron chi connectivity index (χ0n) is 25.9. The number of carboxylic acid groups (broad SMARTS) is 3. The van der Waals surface area contributed by atoms with Crippen molar-refractivity contribution >= 4 is 29.5 Å². The first-order valence-corrected chi connectivity index (χ1v) is 14.5. The number of ether oxygens (including phenoxy) is 1. The molecular formula is C30H36ClF7N2O8. The summed E-state index contributed by atoms with van der Waals surface area (Å²) in [4.78, 5) is 31.3. The highest BCUT2D eigenvalue weighted by molar-refractivity contribution is 6.30. The van der Waals surface area contributed by atoms with Crippen LogP contribution in [0.4, 0.5) is 30.7 Å². The number of piperidine rings is 1. The van der Waals surface area contributed by atoms with Gasteiger partial charge in [0.15, 0.2) is 0 Å². The molecule has 5 N–H and O–H groups in total. The number of halogens is 8. The van der Waals surface area contributed by atoms with Gasteiger partial charge in [-0.15, -0.1) is 0 Å². The fourth-order valence-electron chi connectivity index (χ4n) is 4.36. The highest BCUT2D eigenvalue weighted by Crippen LogP contribution is 2.26. The molecule has 1 saturated heterocycles. The van der Waals surface area contributed by atoms with E-state index in [1.165, 1.54) is 17.7 Å². The molecule has 48 heavy (non-hydrogen) atoms. The van der Waals surface area contributed by atoms with Crippen LogP contribution >= 0.6 is 11.6 Å². The minimum atomic E-state index is -5.08. The fourth-order valence-corrected chi connectivity index (χ4v) is 4.49. The van der Waals surface area contributed by atoms with Crippen molar-refractivity contribution in [1.29, 1.82) is 0 Å². The smallest absolute Gasteiger partial charge is 0.490 e. The van der Waals surface area contributed by atoms with E-state index in [4.69, 9.17) is 41.2 Å². The van der Waals surface area contributed by atoms with E-state index >= 15 is 0 Å². The second kappa shape index (κ2) is 18.2. The van der Waals surface area contributed by atoms with E-state index in [1.807, 2.05) is 12.1 Å². The van der Waals surface area contributed by atoms with Crippen LogP contribution in [0.2, 0.25) is 5.02 Å². The Balaban J connectivity index is 0.000000687. The van der Waals surface area contributed by atoms with Gasteiger partial charge in [-0.2, -0.15) is 26.3 Å². The third kappa shape index (κ3) is 16.0. The van der Waals surface area contributed by atoms with Crippen LogP contribution < -0.4 is 10.1 Å². The average molecular weight is 721 g/mol. The number of nitrogens with one attached hydrogen (secondary N) is 1. The molecule has 0 saturated carbocycles. The molecule has 0 aromatic heterocycles. The van der Waals surface area contributed by atoms with Crippen LogP contribution in [0, 0.1) is 11.7 Å². The lowest BCUT2D eigenvalue weighted by Gasteiger charge is -2.43. The summed E-state index contributed by atoms with van der Waals surface area (Å²) in [5.74, 6) is -6.55. The molecule has 0 aliphatic carbocycles. The van der Waals surface area contributed by atoms with Crippen LogP contribution in [0.1, 0.15) is 38.3 Å². The van der Waals surface area contributed by atoms with E-state index in [0.29, 0.717) is 24.1 Å². The number of carbonyl (C=O) groups is 3. The lowest BCUT2D eigenvalue weighted by atomic mass is 9.88. The highest BCUT2D eigenvalue weighted by Gasteiger charge is 2.39. The average Bonchev–Trinajstić information content (AvgIpc) is 2.95. The molecule has 2 aromatic carbocycles. The van der Waals surface area contributed by atoms with Crippen molar-refractivity contribution in [3.8, 4) is 5.75 Å². The Bertz CT molecular complexity index is 1330. The first-order chi connectivity index (χ1) is 21.9. The third-order valence-electron chi connectivity index (χ3n) is 6.87. The van der Waals surface area contributed by atoms with Gasteiger partial charge in [0.25, 0.3) is 0 Å². The second-order valence-corrected chi connectivity index (χ2v) is 11.8. The van der Waals surface area contributed by atoms with Crippen LogP contribution in [0.5, 0.6) is 5.75 Å². The normalized spacial score (nSPS) is 19.5. The summed E-state index contributed by atoms with van der Waals surface area (Å²) < 4.78 is 82.8. The van der Waals surface area contributed by atoms with Crippen molar-refractivity contribution in [2.75, 3.05) is 19.7 Å². The zero-order valence-corrected chi connectivity index (χ0v) is 26.7. The second-order valence-electron chi connectivity index (χ2n) is 11.3. The van der Waals surface area contributed by atoms with Gasteiger partial charge in [-0.05, 0) is 49.9 Å². The van der Waals surface area contributed by atoms with Crippen LogP contribution in [0.25, 0.3) is 0 Å². The van der Waals surface area contributed by atoms with Crippen molar-refractivity contribution in [1.82, 2.24) is 10.2 Å². The molecule has 10 nitrogen and oxygen atoms in total. The number of aliphatic hydroxyl groups is 1. The summed E-state index contributed by atoms with van der Waals surface area (Å²) in [5.41, 5.74) is 0.388. The van der Waals surface area contributed by atoms with Crippen LogP contribution in [-0.2, 0) is 27.3 Å². The Hall–Kier alpha value is -3.67. The molecule has 18 heteroatoms. The number of carboxylic acids is 3. The largest absolute Gasteiger partial charge is 0.490 e. The van der Waals surface area contributed by atoms with Crippen molar-refractivity contribution in [3.05, 3.63) is 64.4 Å². The van der Waals surface area contributed by atoms with Gasteiger partial charge in [-0.1, -0.05) is 36.7 Å². The molecule has 270 valence electrons. The molecule has 0 unspecified atom stereocenters. The molecule has 2 aromatic rings. The zero-order chi connectivity index (χ0) is 37.0. The van der Waals surface area contributed by atoms with Gasteiger partial charge in [-0.3, -0.25) is 9.69 Å². The first kappa shape index (κ1) is 42.4. The predicted octanol–water partition coefficient (Wildman–Crippen LogP) is 5.39. The van der Waals surface area contributed by atoms with E-state index in [1.54, 1.807) is 6.92 Å². The Morgan fingerprint density at radius 3 is 1.96 bits per heavy atom. The quantitative estimate of drug-likeness (QED) is 0.202. The lowest BCUT2D eigenvalue weighted by Crippen LogP contribution is -2.55. The van der Waals surface area contributed by atoms with Crippen molar-refractivity contribution < 1.29 is 70.3 Å². The summed E-state index contributed by atoms with van der Waals surface area (Å²) in [6, 6.07) is 12.3. The number of rotatable bonds is 10. The van der Waals surface area contributed by atoms with E-state index in [9.17, 15) is 40.6 Å². The van der Waals surface area contributed by atoms with Gasteiger partial charge in [0.1, 0.15) is 23.8 Å². The number of nitrogens with zero attached hydrogens (tertiary/aromatic N) is 1. The Morgan fingerprint density at radius 1 is 0.958 bits per heavy atom. The number of likely N-dealkylation sites (tertiary alicyclic amines) is 1. The van der Waals surface area contributed by atoms with Crippen LogP contribution in [0.3, 0.4) is 0 Å². The number of alkyl halides is 6. The first-order valence-electron chi connectivity index (χ1n) is 14.1. The van der Waals surface area contributed by atoms with Gasteiger partial charge < -0.3 is 30.5 Å². The maximum atomic E-state index is 13.6. The molecule has 1 aliphatic heterocycles. The number of aliphatic carboxylic acids is 3. The minimum Gasteiger partial charge on any atom is -0.490 e. The number of hydrogen-bond donors (Lipinski definition) is 5. The van der Waals surface area contributed by atoms with Gasteiger partial charge in [-0.25, -0.2) is 14.0 Å². The number of benzene rings is 2. The summed E-state index contributed by atoms with van der Waals surface area (Å²) >= 11 is 6.00. The minimum absolute atomic E-state index is 0.0879. The summed E-state index contributed by atoms with van der Waals surface area (Å²) in [6.45, 7) is 8.08. The van der Waals surface area contributed by atoms with Gasteiger partial charge in [0.2, 0.25) is 0 Å². The highest BCUT2D eigenvalue weighted by atomic mass is 35.5. The molecule has 1 aliphatic rings. The van der Waals surface area contributed by atoms with Crippen molar-refractivity contribution in [2.24, 2.45) is 5.92 Å². The molecule has 0 radical (unpaired) electrons. The van der Waals surface area contributed by atoms with Crippen LogP contribution in [-0.4, -0.2) is 93.0 Å². The molecule has 4 atom stereocenters. The Morgan fingerprint density at radius 2 is 1.48 bits per heavy atom. The molecule has 1 heterocycles. The van der Waals surface area contributed by atoms with Gasteiger partial charge in [0, 0.05) is 48.4 Å². The topological polar surface area (TPSA) is 157 Å². The van der Waals surface area contributed by atoms with E-state index < -0.39 is 41.7 Å². The predicted molar refractivity (Wildman–Crippen MR) is 158 cm³/mol. The maximum Gasteiger partial charge on any atom is 0.490 e. The summed E-state index contributed by atoms with van der Waals surface area (Å²) in [5, 5.41) is 38.4. The van der Waals surface area contributed by atoms with Crippen molar-refractivity contribution in [2.45, 2.75) is 70.2 Å². The maximum absolute atomic E-state index is 13.6. The summed E-state index contributed by atoms with van der Waals surface area (Å²) in [6.07, 6.45) is -9.50. The van der Waals surface area contributed by atoms with E-state index in [0.717, 1.165) is 30.6 Å². The molecule has 0 bridgehead atoms. The Kier molecular flexibility index (Phi) is 16.1. The standard InChI is InChI=1S/C26H34ClFN2O4.2C2HF3O2/c1-17-13-30(14-19-4-7-21(27)8-5-19)18(2)10-23(17)29-15-26(3,33)16-34-24-12-22(28)9-6-20(24)11-25(31)32;2*3-2(4,5)1(6)7/h4-9,12,17-18,23,29,33H,10-11,13-16H2,1-3H3,(H,31,32);2*(H,6,7)/t17-,18+,23-,26+;;/m1../s1. The van der Waals surface area contributed by atoms with Gasteiger partial charge >= 0.3 is 30.3 Å². The van der Waals surface area contributed by atoms with Crippen LogP contribution in [0.15, 0.2) is 42.5 Å². The molecule has 1 fully saturated rings. The summed E-state index contributed by atoms with van der Waals surface area (Å²) in [7, 11) is 0. The molecule has 0 amide bonds. The number of hydrogen-bond acceptors (Lipinski definition) is 7. The Labute approximate surface area is 276 Å². The third-order valence-corrected chi connectivity index (χ3v) is 7.12. The monoisotopic (exact) mass is 720 g/mol. The van der Waals surface area contributed by atoms with Crippen molar-refractivity contribution in [3.63, 3.8) is 0 Å². The SMILES string of the molecule is C[C@@H]1CN(Cc2ccc(Cl)cc2)[C@@H](C)C[C@H]1NC[C@](C)(O)COc1cc(F)ccc1CC(=O)O.O=C(O)C(F)(F)F.O=C(O)C(F)(F)F. The van der Waals surface area contributed by atoms with E-state index in [-0.39, 0.29) is 24.8 Å². The lowest BCUT2D eigenvalue weighted by molar-refractivity contribution is -0.193. The van der Waals surface area contributed by atoms with E-state index in [2.05, 4.69) is 36.2 Å². The molecule has 0 spiro atoms. The fraction of sp³-hybridized carbons (Fsp3) is 0.500. The molecular weight excluding hydrogens is 685 g/mol. The van der Waals surface area contributed by atoms with Gasteiger partial charge in [0.05, 0.1) is 6.42 Å². The molecule has 3 rings (SSSR count).